The number of nitrogens with one attached hydrogen (secondary N) is 3. The van der Waals surface area contributed by atoms with Crippen LogP contribution in [0.4, 0.5) is 39.3 Å². The van der Waals surface area contributed by atoms with Crippen LogP contribution in [-0.4, -0.2) is 86.7 Å². The van der Waals surface area contributed by atoms with E-state index in [0.717, 1.165) is 49.8 Å². The van der Waals surface area contributed by atoms with Gasteiger partial charge in [-0.2, -0.15) is 4.98 Å². The highest BCUT2D eigenvalue weighted by atomic mass is 32.2. The fourth-order valence-electron chi connectivity index (χ4n) is 5.01. The van der Waals surface area contributed by atoms with Gasteiger partial charge in [0.05, 0.1) is 18.5 Å². The van der Waals surface area contributed by atoms with Crippen LogP contribution in [0.25, 0.3) is 0 Å². The van der Waals surface area contributed by atoms with Crippen molar-refractivity contribution in [1.29, 1.82) is 0 Å². The average molecular weight is 606 g/mol. The van der Waals surface area contributed by atoms with E-state index < -0.39 is 15.9 Å². The van der Waals surface area contributed by atoms with Gasteiger partial charge in [0.25, 0.3) is 0 Å². The second-order valence-electron chi connectivity index (χ2n) is 10.6. The third kappa shape index (κ3) is 7.21. The van der Waals surface area contributed by atoms with Crippen molar-refractivity contribution in [2.45, 2.75) is 13.1 Å². The maximum Gasteiger partial charge on any atom is 0.326 e. The number of fused-ring (bicyclic) bond motifs is 1. The maximum absolute atomic E-state index is 13.4. The number of hydrogen-bond acceptors (Lipinski definition) is 9. The molecule has 226 valence electrons. The van der Waals surface area contributed by atoms with Crippen LogP contribution in [0.1, 0.15) is 11.1 Å². The molecule has 3 N–H and O–H groups in total. The first kappa shape index (κ1) is 29.8. The smallest absolute Gasteiger partial charge is 0.326 e. The van der Waals surface area contributed by atoms with E-state index in [1.807, 2.05) is 12.1 Å². The second-order valence-corrected chi connectivity index (χ2v) is 12.4. The van der Waals surface area contributed by atoms with E-state index in [9.17, 15) is 18.0 Å². The standard InChI is InChI=1S/C29H35N9O4S/c1-5-26(39)32-25-16-23(34-43(4,41)42)7-6-20(25)18-38-19-21-17-30-28(33-27(21)36(3)29(38)40)31-22-8-10-24(11-9-22)37-14-12-35(2)13-15-37/h5-11,16-17,34H,1,12-15,18-19H2,2-4H3,(H,32,39)(H,30,31,33). The quantitative estimate of drug-likeness (QED) is 0.314. The average Bonchev–Trinajstić information content (AvgIpc) is 2.97. The van der Waals surface area contributed by atoms with Gasteiger partial charge in [0.2, 0.25) is 21.9 Å². The molecule has 13 nitrogen and oxygen atoms in total. The first-order chi connectivity index (χ1) is 20.5. The van der Waals surface area contributed by atoms with Gasteiger partial charge in [0.15, 0.2) is 0 Å². The minimum atomic E-state index is -3.53. The predicted octanol–water partition coefficient (Wildman–Crippen LogP) is 3.04. The molecule has 43 heavy (non-hydrogen) atoms. The molecule has 2 aliphatic heterocycles. The van der Waals surface area contributed by atoms with Crippen molar-refractivity contribution in [1.82, 2.24) is 19.8 Å². The van der Waals surface area contributed by atoms with Crippen LogP contribution < -0.4 is 25.2 Å². The third-order valence-corrected chi connectivity index (χ3v) is 7.89. The molecule has 3 amide bonds. The molecule has 0 radical (unpaired) electrons. The number of urea groups is 1. The number of carbonyl (C=O) groups is 2. The van der Waals surface area contributed by atoms with Crippen LogP contribution in [0.2, 0.25) is 0 Å². The molecule has 0 aliphatic carbocycles. The number of amides is 3. The molecule has 0 bridgehead atoms. The largest absolute Gasteiger partial charge is 0.369 e. The van der Waals surface area contributed by atoms with Crippen molar-refractivity contribution in [2.24, 2.45) is 0 Å². The molecule has 2 aromatic carbocycles. The Morgan fingerprint density at radius 1 is 1.05 bits per heavy atom. The summed E-state index contributed by atoms with van der Waals surface area (Å²) in [6, 6.07) is 12.6. The molecule has 2 aliphatic rings. The van der Waals surface area contributed by atoms with Crippen molar-refractivity contribution in [2.75, 3.05) is 71.7 Å². The molecule has 1 saturated heterocycles. The van der Waals surface area contributed by atoms with Crippen LogP contribution >= 0.6 is 0 Å². The summed E-state index contributed by atoms with van der Waals surface area (Å²) in [6.45, 7) is 7.92. The highest BCUT2D eigenvalue weighted by Gasteiger charge is 2.30. The van der Waals surface area contributed by atoms with Gasteiger partial charge in [-0.25, -0.2) is 18.2 Å². The number of likely N-dealkylation sites (N-methyl/N-ethyl adjacent to an activating group) is 1. The van der Waals surface area contributed by atoms with Gasteiger partial charge in [0, 0.05) is 68.6 Å². The highest BCUT2D eigenvalue weighted by molar-refractivity contribution is 7.92. The number of aromatic nitrogens is 2. The van der Waals surface area contributed by atoms with Crippen LogP contribution in [0.5, 0.6) is 0 Å². The lowest BCUT2D eigenvalue weighted by molar-refractivity contribution is -0.111. The SMILES string of the molecule is C=CC(=O)Nc1cc(NS(C)(=O)=O)ccc1CN1Cc2cnc(Nc3ccc(N4CCN(C)CC4)cc3)nc2N(C)C1=O. The Kier molecular flexibility index (Phi) is 8.50. The summed E-state index contributed by atoms with van der Waals surface area (Å²) < 4.78 is 25.8. The van der Waals surface area contributed by atoms with Crippen LogP contribution in [0.15, 0.2) is 61.3 Å². The predicted molar refractivity (Wildman–Crippen MR) is 168 cm³/mol. The molecule has 0 unspecified atom stereocenters. The molecule has 1 fully saturated rings. The van der Waals surface area contributed by atoms with Crippen molar-refractivity contribution in [3.05, 3.63) is 72.4 Å². The van der Waals surface area contributed by atoms with Crippen molar-refractivity contribution >= 4 is 56.5 Å². The van der Waals surface area contributed by atoms with Gasteiger partial charge in [-0.3, -0.25) is 14.4 Å². The van der Waals surface area contributed by atoms with E-state index >= 15 is 0 Å². The normalized spacial score (nSPS) is 15.6. The molecule has 14 heteroatoms. The topological polar surface area (TPSA) is 143 Å². The number of piperazine rings is 1. The minimum Gasteiger partial charge on any atom is -0.369 e. The number of carbonyl (C=O) groups excluding carboxylic acids is 2. The fraction of sp³-hybridized carbons (Fsp3) is 0.310. The highest BCUT2D eigenvalue weighted by Crippen LogP contribution is 2.30. The Balaban J connectivity index is 1.30. The molecule has 0 spiro atoms. The summed E-state index contributed by atoms with van der Waals surface area (Å²) in [7, 11) is 0.255. The van der Waals surface area contributed by atoms with Crippen LogP contribution in [0, 0.1) is 0 Å². The first-order valence-electron chi connectivity index (χ1n) is 13.7. The van der Waals surface area contributed by atoms with Crippen LogP contribution in [-0.2, 0) is 27.9 Å². The van der Waals surface area contributed by atoms with Gasteiger partial charge in [-0.05, 0) is 55.1 Å². The Morgan fingerprint density at radius 2 is 1.74 bits per heavy atom. The first-order valence-corrected chi connectivity index (χ1v) is 15.6. The van der Waals surface area contributed by atoms with Gasteiger partial charge < -0.3 is 25.3 Å². The van der Waals surface area contributed by atoms with E-state index in [1.54, 1.807) is 30.3 Å². The molecule has 5 rings (SSSR count). The zero-order chi connectivity index (χ0) is 30.7. The Morgan fingerprint density at radius 3 is 2.42 bits per heavy atom. The summed E-state index contributed by atoms with van der Waals surface area (Å²) in [6.07, 6.45) is 3.84. The molecule has 3 aromatic rings. The molecule has 1 aromatic heterocycles. The number of sulfonamides is 1. The molecule has 0 saturated carbocycles. The molecule has 3 heterocycles. The molecular formula is C29H35N9O4S. The van der Waals surface area contributed by atoms with Crippen molar-refractivity contribution < 1.29 is 18.0 Å². The number of benzene rings is 2. The minimum absolute atomic E-state index is 0.147. The number of hydrogen-bond donors (Lipinski definition) is 3. The zero-order valence-corrected chi connectivity index (χ0v) is 25.2. The summed E-state index contributed by atoms with van der Waals surface area (Å²) in [5.41, 5.74) is 4.01. The van der Waals surface area contributed by atoms with Crippen molar-refractivity contribution in [3.8, 4) is 0 Å². The van der Waals surface area contributed by atoms with Gasteiger partial charge in [0.1, 0.15) is 5.82 Å². The maximum atomic E-state index is 13.4. The molecular weight excluding hydrogens is 570 g/mol. The summed E-state index contributed by atoms with van der Waals surface area (Å²) >= 11 is 0. The van der Waals surface area contributed by atoms with Crippen LogP contribution in [0.3, 0.4) is 0 Å². The number of nitrogens with zero attached hydrogens (tertiary/aromatic N) is 6. The Labute approximate surface area is 251 Å². The van der Waals surface area contributed by atoms with E-state index in [4.69, 9.17) is 0 Å². The monoisotopic (exact) mass is 605 g/mol. The van der Waals surface area contributed by atoms with Crippen molar-refractivity contribution in [3.63, 3.8) is 0 Å². The van der Waals surface area contributed by atoms with E-state index in [-0.39, 0.29) is 24.8 Å². The lowest BCUT2D eigenvalue weighted by Crippen LogP contribution is -2.45. The van der Waals surface area contributed by atoms with Gasteiger partial charge in [-0.15, -0.1) is 0 Å². The fourth-order valence-corrected chi connectivity index (χ4v) is 5.56. The van der Waals surface area contributed by atoms with E-state index in [1.165, 1.54) is 16.7 Å². The van der Waals surface area contributed by atoms with E-state index in [2.05, 4.69) is 60.9 Å². The zero-order valence-electron chi connectivity index (χ0n) is 24.4. The Bertz CT molecular complexity index is 1640. The summed E-state index contributed by atoms with van der Waals surface area (Å²) in [5, 5.41) is 5.93. The van der Waals surface area contributed by atoms with Gasteiger partial charge in [-0.1, -0.05) is 12.6 Å². The number of rotatable bonds is 9. The lowest BCUT2D eigenvalue weighted by Gasteiger charge is -2.34. The second kappa shape index (κ2) is 12.3. The van der Waals surface area contributed by atoms with Gasteiger partial charge >= 0.3 is 6.03 Å². The number of anilines is 6. The molecule has 0 atom stereocenters. The lowest BCUT2D eigenvalue weighted by atomic mass is 10.1. The summed E-state index contributed by atoms with van der Waals surface area (Å²) in [4.78, 5) is 42.3. The third-order valence-electron chi connectivity index (χ3n) is 7.29. The summed E-state index contributed by atoms with van der Waals surface area (Å²) in [5.74, 6) is 0.413. The Hall–Kier alpha value is -4.69. The van der Waals surface area contributed by atoms with E-state index in [0.29, 0.717) is 23.0 Å².